The first-order valence-corrected chi connectivity index (χ1v) is 6.92. The van der Waals surface area contributed by atoms with Crippen LogP contribution in [0.5, 0.6) is 0 Å². The van der Waals surface area contributed by atoms with Gasteiger partial charge in [-0.15, -0.1) is 0 Å². The van der Waals surface area contributed by atoms with E-state index in [1.54, 1.807) is 0 Å². The number of nitrogens with one attached hydrogen (secondary N) is 1. The predicted molar refractivity (Wildman–Crippen MR) is 74.6 cm³/mol. The first kappa shape index (κ1) is 11.8. The lowest BCUT2D eigenvalue weighted by molar-refractivity contribution is 0.442. The van der Waals surface area contributed by atoms with E-state index in [1.165, 1.54) is 30.2 Å². The molecule has 0 amide bonds. The van der Waals surface area contributed by atoms with Gasteiger partial charge in [0.05, 0.1) is 0 Å². The molecule has 2 heteroatoms. The third kappa shape index (κ3) is 2.05. The second-order valence-electron chi connectivity index (χ2n) is 5.59. The number of hydrogen-bond acceptors (Lipinski definition) is 2. The summed E-state index contributed by atoms with van der Waals surface area (Å²) in [7, 11) is 0. The van der Waals surface area contributed by atoms with Crippen molar-refractivity contribution in [3.63, 3.8) is 0 Å². The maximum atomic E-state index is 5.78. The summed E-state index contributed by atoms with van der Waals surface area (Å²) in [6.07, 6.45) is 4.08. The fourth-order valence-corrected chi connectivity index (χ4v) is 2.73. The van der Waals surface area contributed by atoms with Crippen molar-refractivity contribution in [3.05, 3.63) is 35.6 Å². The third-order valence-corrected chi connectivity index (χ3v) is 4.41. The summed E-state index contributed by atoms with van der Waals surface area (Å²) in [5.74, 6) is 1.05. The predicted octanol–water partition coefficient (Wildman–Crippen LogP) is 4.02. The molecule has 3 rings (SSSR count). The fraction of sp³-hybridized carbons (Fsp3) is 0.500. The van der Waals surface area contributed by atoms with Gasteiger partial charge in [-0.2, -0.15) is 0 Å². The van der Waals surface area contributed by atoms with Gasteiger partial charge in [0.25, 0.3) is 0 Å². The molecule has 0 unspecified atom stereocenters. The highest BCUT2D eigenvalue weighted by molar-refractivity contribution is 5.82. The van der Waals surface area contributed by atoms with Crippen LogP contribution in [0.2, 0.25) is 0 Å². The lowest BCUT2D eigenvalue weighted by Gasteiger charge is -2.13. The van der Waals surface area contributed by atoms with Gasteiger partial charge < -0.3 is 9.73 Å². The average Bonchev–Trinajstić information content (AvgIpc) is 3.09. The highest BCUT2D eigenvalue weighted by Crippen LogP contribution is 2.47. The zero-order chi connectivity index (χ0) is 12.6. The summed E-state index contributed by atoms with van der Waals surface area (Å²) in [5, 5.41) is 4.87. The Morgan fingerprint density at radius 1 is 1.28 bits per heavy atom. The second-order valence-corrected chi connectivity index (χ2v) is 5.59. The molecule has 0 aliphatic heterocycles. The number of para-hydroxylation sites is 1. The smallest absolute Gasteiger partial charge is 0.134 e. The molecule has 0 bridgehead atoms. The van der Waals surface area contributed by atoms with Crippen LogP contribution in [0.3, 0.4) is 0 Å². The van der Waals surface area contributed by atoms with Gasteiger partial charge in [0.2, 0.25) is 0 Å². The van der Waals surface area contributed by atoms with E-state index in [0.29, 0.717) is 5.41 Å². The number of aryl methyl sites for hydroxylation is 1. The zero-order valence-corrected chi connectivity index (χ0v) is 11.3. The Bertz CT molecular complexity index is 551. The molecule has 0 radical (unpaired) electrons. The molecule has 1 fully saturated rings. The van der Waals surface area contributed by atoms with Crippen molar-refractivity contribution >= 4 is 11.0 Å². The SMILES string of the molecule is CCC1(CNCc2c(C)oc3ccccc23)CC1. The van der Waals surface area contributed by atoms with E-state index >= 15 is 0 Å². The van der Waals surface area contributed by atoms with E-state index in [2.05, 4.69) is 31.3 Å². The molecule has 1 aliphatic rings. The molecule has 96 valence electrons. The summed E-state index contributed by atoms with van der Waals surface area (Å²) in [6, 6.07) is 8.30. The third-order valence-electron chi connectivity index (χ3n) is 4.41. The van der Waals surface area contributed by atoms with E-state index in [4.69, 9.17) is 4.42 Å². The van der Waals surface area contributed by atoms with Crippen LogP contribution >= 0.6 is 0 Å². The Kier molecular flexibility index (Phi) is 2.90. The lowest BCUT2D eigenvalue weighted by Crippen LogP contribution is -2.23. The van der Waals surface area contributed by atoms with Crippen molar-refractivity contribution in [3.8, 4) is 0 Å². The summed E-state index contributed by atoms with van der Waals surface area (Å²) in [6.45, 7) is 6.42. The van der Waals surface area contributed by atoms with E-state index in [0.717, 1.165) is 24.4 Å². The molecule has 1 heterocycles. The Hall–Kier alpha value is -1.28. The van der Waals surface area contributed by atoms with Crippen molar-refractivity contribution in [2.24, 2.45) is 5.41 Å². The number of hydrogen-bond donors (Lipinski definition) is 1. The van der Waals surface area contributed by atoms with Crippen LogP contribution in [0, 0.1) is 12.3 Å². The Labute approximate surface area is 108 Å². The molecule has 2 nitrogen and oxygen atoms in total. The van der Waals surface area contributed by atoms with Gasteiger partial charge in [0.1, 0.15) is 11.3 Å². The number of benzene rings is 1. The Balaban J connectivity index is 1.72. The van der Waals surface area contributed by atoms with Crippen molar-refractivity contribution in [2.75, 3.05) is 6.54 Å². The molecule has 0 saturated heterocycles. The number of rotatable bonds is 5. The normalized spacial score (nSPS) is 17.2. The van der Waals surface area contributed by atoms with Crippen LogP contribution in [0.25, 0.3) is 11.0 Å². The minimum Gasteiger partial charge on any atom is -0.461 e. The minimum atomic E-state index is 0.605. The molecule has 0 spiro atoms. The summed E-state index contributed by atoms with van der Waals surface area (Å²) < 4.78 is 5.78. The Morgan fingerprint density at radius 2 is 2.06 bits per heavy atom. The largest absolute Gasteiger partial charge is 0.461 e. The van der Waals surface area contributed by atoms with Gasteiger partial charge in [0, 0.05) is 24.0 Å². The zero-order valence-electron chi connectivity index (χ0n) is 11.3. The molecule has 1 aromatic carbocycles. The highest BCUT2D eigenvalue weighted by atomic mass is 16.3. The monoisotopic (exact) mass is 243 g/mol. The molecule has 1 aliphatic carbocycles. The van der Waals surface area contributed by atoms with Crippen molar-refractivity contribution in [1.29, 1.82) is 0 Å². The van der Waals surface area contributed by atoms with Crippen LogP contribution in [-0.4, -0.2) is 6.54 Å². The minimum absolute atomic E-state index is 0.605. The first-order chi connectivity index (χ1) is 8.74. The maximum absolute atomic E-state index is 5.78. The highest BCUT2D eigenvalue weighted by Gasteiger charge is 2.39. The standard InChI is InChI=1S/C16H21NO/c1-3-16(8-9-16)11-17-10-14-12(2)18-15-7-5-4-6-13(14)15/h4-7,17H,3,8-11H2,1-2H3. The number of furan rings is 1. The van der Waals surface area contributed by atoms with Crippen LogP contribution < -0.4 is 5.32 Å². The molecular weight excluding hydrogens is 222 g/mol. The molecule has 1 aromatic heterocycles. The van der Waals surface area contributed by atoms with Gasteiger partial charge in [-0.05, 0) is 37.7 Å². The molecule has 1 saturated carbocycles. The van der Waals surface area contributed by atoms with Gasteiger partial charge in [-0.3, -0.25) is 0 Å². The van der Waals surface area contributed by atoms with Crippen molar-refractivity contribution < 1.29 is 4.42 Å². The van der Waals surface area contributed by atoms with Gasteiger partial charge >= 0.3 is 0 Å². The van der Waals surface area contributed by atoms with Crippen molar-refractivity contribution in [2.45, 2.75) is 39.7 Å². The number of fused-ring (bicyclic) bond motifs is 1. The summed E-state index contributed by atoms with van der Waals surface area (Å²) >= 11 is 0. The molecule has 0 atom stereocenters. The second kappa shape index (κ2) is 4.43. The lowest BCUT2D eigenvalue weighted by atomic mass is 10.0. The van der Waals surface area contributed by atoms with Crippen LogP contribution in [0.1, 0.15) is 37.5 Å². The van der Waals surface area contributed by atoms with E-state index in [-0.39, 0.29) is 0 Å². The molecule has 1 N–H and O–H groups in total. The van der Waals surface area contributed by atoms with Gasteiger partial charge in [-0.1, -0.05) is 25.1 Å². The van der Waals surface area contributed by atoms with Crippen LogP contribution in [0.15, 0.2) is 28.7 Å². The van der Waals surface area contributed by atoms with Crippen LogP contribution in [-0.2, 0) is 6.54 Å². The van der Waals surface area contributed by atoms with Crippen LogP contribution in [0.4, 0.5) is 0 Å². The maximum Gasteiger partial charge on any atom is 0.134 e. The Morgan fingerprint density at radius 3 is 2.78 bits per heavy atom. The topological polar surface area (TPSA) is 25.2 Å². The van der Waals surface area contributed by atoms with Gasteiger partial charge in [0.15, 0.2) is 0 Å². The first-order valence-electron chi connectivity index (χ1n) is 6.92. The molecule has 18 heavy (non-hydrogen) atoms. The summed E-state index contributed by atoms with van der Waals surface area (Å²) in [5.41, 5.74) is 2.92. The molecule has 2 aromatic rings. The summed E-state index contributed by atoms with van der Waals surface area (Å²) in [4.78, 5) is 0. The molecular formula is C16H21NO. The van der Waals surface area contributed by atoms with Crippen molar-refractivity contribution in [1.82, 2.24) is 5.32 Å². The van der Waals surface area contributed by atoms with Gasteiger partial charge in [-0.25, -0.2) is 0 Å². The van der Waals surface area contributed by atoms with E-state index < -0.39 is 0 Å². The quantitative estimate of drug-likeness (QED) is 0.858. The average molecular weight is 243 g/mol. The van der Waals surface area contributed by atoms with E-state index in [9.17, 15) is 0 Å². The van der Waals surface area contributed by atoms with E-state index in [1.807, 2.05) is 12.1 Å². The fourth-order valence-electron chi connectivity index (χ4n) is 2.73.